The fraction of sp³-hybridized carbons (Fsp3) is 0.500. The Morgan fingerprint density at radius 2 is 2.20 bits per heavy atom. The monoisotopic (exact) mass is 337 g/mol. The van der Waals surface area contributed by atoms with E-state index in [2.05, 4.69) is 22.9 Å². The highest BCUT2D eigenvalue weighted by molar-refractivity contribution is 9.10. The molecule has 2 rings (SSSR count). The maximum absolute atomic E-state index is 12.3. The molecular formula is C16H20BrNO2. The molecule has 1 fully saturated rings. The Bertz CT molecular complexity index is 501. The second kappa shape index (κ2) is 7.02. The Hall–Kier alpha value is -1.16. The largest absolute Gasteiger partial charge is 0.335 e. The molecule has 1 unspecified atom stereocenters. The van der Waals surface area contributed by atoms with E-state index in [1.165, 1.54) is 0 Å². The molecule has 0 N–H and O–H groups in total. The number of rotatable bonds is 4. The number of amides is 1. The molecule has 0 aliphatic carbocycles. The minimum Gasteiger partial charge on any atom is -0.335 e. The first-order chi connectivity index (χ1) is 9.60. The van der Waals surface area contributed by atoms with Gasteiger partial charge in [0.05, 0.1) is 6.54 Å². The molecule has 0 aromatic heterocycles. The van der Waals surface area contributed by atoms with E-state index in [-0.39, 0.29) is 18.2 Å². The summed E-state index contributed by atoms with van der Waals surface area (Å²) in [5.41, 5.74) is 0.656. The van der Waals surface area contributed by atoms with Crippen molar-refractivity contribution < 1.29 is 9.59 Å². The highest BCUT2D eigenvalue weighted by Gasteiger charge is 2.23. The van der Waals surface area contributed by atoms with Crippen LogP contribution in [0, 0.1) is 5.92 Å². The van der Waals surface area contributed by atoms with Gasteiger partial charge in [-0.15, -0.1) is 0 Å². The molecule has 0 saturated carbocycles. The number of likely N-dealkylation sites (tertiary alicyclic amines) is 1. The first-order valence-electron chi connectivity index (χ1n) is 7.16. The van der Waals surface area contributed by atoms with E-state index in [9.17, 15) is 9.59 Å². The quantitative estimate of drug-likeness (QED) is 0.786. The average Bonchev–Trinajstić information content (AvgIpc) is 2.62. The van der Waals surface area contributed by atoms with Gasteiger partial charge in [-0.2, -0.15) is 0 Å². The van der Waals surface area contributed by atoms with E-state index in [4.69, 9.17) is 0 Å². The summed E-state index contributed by atoms with van der Waals surface area (Å²) in [7, 11) is 0. The summed E-state index contributed by atoms with van der Waals surface area (Å²) >= 11 is 3.36. The fourth-order valence-electron chi connectivity index (χ4n) is 2.60. The van der Waals surface area contributed by atoms with Crippen LogP contribution in [0.2, 0.25) is 0 Å². The number of ketones is 1. The Morgan fingerprint density at radius 3 is 2.90 bits per heavy atom. The molecule has 1 saturated heterocycles. The number of halogens is 1. The van der Waals surface area contributed by atoms with Crippen LogP contribution in [0.1, 0.15) is 43.0 Å². The van der Waals surface area contributed by atoms with Crippen molar-refractivity contribution in [1.82, 2.24) is 4.90 Å². The molecule has 20 heavy (non-hydrogen) atoms. The van der Waals surface area contributed by atoms with E-state index in [1.807, 2.05) is 12.1 Å². The van der Waals surface area contributed by atoms with Gasteiger partial charge in [0.25, 0.3) is 0 Å². The molecule has 1 amide bonds. The molecule has 1 heterocycles. The number of nitrogens with zero attached hydrogens (tertiary/aromatic N) is 1. The van der Waals surface area contributed by atoms with Gasteiger partial charge in [0.1, 0.15) is 0 Å². The normalized spacial score (nSPS) is 19.8. The number of carbonyl (C=O) groups is 2. The third kappa shape index (κ3) is 3.92. The van der Waals surface area contributed by atoms with Crippen molar-refractivity contribution in [3.8, 4) is 0 Å². The van der Waals surface area contributed by atoms with Gasteiger partial charge in [0.2, 0.25) is 5.91 Å². The van der Waals surface area contributed by atoms with Crippen LogP contribution in [0.5, 0.6) is 0 Å². The van der Waals surface area contributed by atoms with Crippen LogP contribution < -0.4 is 0 Å². The molecule has 1 aliphatic rings. The first kappa shape index (κ1) is 15.2. The van der Waals surface area contributed by atoms with Crippen LogP contribution in [0.4, 0.5) is 0 Å². The van der Waals surface area contributed by atoms with Gasteiger partial charge in [-0.1, -0.05) is 41.4 Å². The standard InChI is InChI=1S/C16H20BrNO2/c1-2-12-6-7-16(20)18(9-8-12)11-15(19)13-4-3-5-14(17)10-13/h3-5,10,12H,2,6-9,11H2,1H3. The van der Waals surface area contributed by atoms with E-state index >= 15 is 0 Å². The molecule has 1 aromatic rings. The first-order valence-corrected chi connectivity index (χ1v) is 7.96. The minimum absolute atomic E-state index is 0.00889. The molecule has 1 aromatic carbocycles. The lowest BCUT2D eigenvalue weighted by atomic mass is 9.98. The predicted molar refractivity (Wildman–Crippen MR) is 82.7 cm³/mol. The third-order valence-corrected chi connectivity index (χ3v) is 4.48. The zero-order chi connectivity index (χ0) is 14.5. The van der Waals surface area contributed by atoms with Gasteiger partial charge in [0.15, 0.2) is 5.78 Å². The van der Waals surface area contributed by atoms with Crippen LogP contribution >= 0.6 is 15.9 Å². The van der Waals surface area contributed by atoms with Crippen LogP contribution in [0.25, 0.3) is 0 Å². The molecule has 108 valence electrons. The number of hydrogen-bond acceptors (Lipinski definition) is 2. The summed E-state index contributed by atoms with van der Waals surface area (Å²) in [5.74, 6) is 0.740. The SMILES string of the molecule is CCC1CCC(=O)N(CC(=O)c2cccc(Br)c2)CC1. The van der Waals surface area contributed by atoms with Gasteiger partial charge in [-0.25, -0.2) is 0 Å². The predicted octanol–water partition coefficient (Wildman–Crippen LogP) is 3.67. The molecule has 4 heteroatoms. The fourth-order valence-corrected chi connectivity index (χ4v) is 2.99. The Kier molecular flexibility index (Phi) is 5.35. The molecule has 3 nitrogen and oxygen atoms in total. The Morgan fingerprint density at radius 1 is 1.40 bits per heavy atom. The van der Waals surface area contributed by atoms with Gasteiger partial charge in [-0.05, 0) is 30.9 Å². The third-order valence-electron chi connectivity index (χ3n) is 3.98. The lowest BCUT2D eigenvalue weighted by Gasteiger charge is -2.20. The van der Waals surface area contributed by atoms with E-state index in [0.29, 0.717) is 24.4 Å². The highest BCUT2D eigenvalue weighted by atomic mass is 79.9. The lowest BCUT2D eigenvalue weighted by molar-refractivity contribution is -0.130. The Balaban J connectivity index is 2.01. The minimum atomic E-state index is 0.00889. The smallest absolute Gasteiger partial charge is 0.222 e. The molecule has 0 radical (unpaired) electrons. The summed E-state index contributed by atoms with van der Waals surface area (Å²) in [6.07, 6.45) is 3.65. The molecule has 1 atom stereocenters. The Labute approximate surface area is 128 Å². The van der Waals surface area contributed by atoms with Gasteiger partial charge in [0, 0.05) is 23.0 Å². The number of hydrogen-bond donors (Lipinski definition) is 0. The molecular weight excluding hydrogens is 318 g/mol. The van der Waals surface area contributed by atoms with Crippen molar-refractivity contribution in [2.75, 3.05) is 13.1 Å². The van der Waals surface area contributed by atoms with Crippen molar-refractivity contribution in [3.63, 3.8) is 0 Å². The van der Waals surface area contributed by atoms with Crippen molar-refractivity contribution in [2.45, 2.75) is 32.6 Å². The summed E-state index contributed by atoms with van der Waals surface area (Å²) in [6.45, 7) is 3.07. The van der Waals surface area contributed by atoms with Gasteiger partial charge in [-0.3, -0.25) is 9.59 Å². The van der Waals surface area contributed by atoms with E-state index in [0.717, 1.165) is 23.7 Å². The maximum atomic E-state index is 12.3. The van der Waals surface area contributed by atoms with Crippen molar-refractivity contribution in [1.29, 1.82) is 0 Å². The van der Waals surface area contributed by atoms with Gasteiger partial charge >= 0.3 is 0 Å². The van der Waals surface area contributed by atoms with Crippen LogP contribution in [0.3, 0.4) is 0 Å². The maximum Gasteiger partial charge on any atom is 0.222 e. The average molecular weight is 338 g/mol. The number of Topliss-reactive ketones (excluding diaryl/α,β-unsaturated/α-hetero) is 1. The lowest BCUT2D eigenvalue weighted by Crippen LogP contribution is -2.35. The van der Waals surface area contributed by atoms with Crippen molar-refractivity contribution in [2.24, 2.45) is 5.92 Å². The van der Waals surface area contributed by atoms with Crippen molar-refractivity contribution in [3.05, 3.63) is 34.3 Å². The van der Waals surface area contributed by atoms with E-state index in [1.54, 1.807) is 17.0 Å². The second-order valence-corrected chi connectivity index (χ2v) is 6.27. The number of benzene rings is 1. The van der Waals surface area contributed by atoms with Crippen LogP contribution in [-0.4, -0.2) is 29.7 Å². The van der Waals surface area contributed by atoms with E-state index < -0.39 is 0 Å². The summed E-state index contributed by atoms with van der Waals surface area (Å²) < 4.78 is 0.886. The summed E-state index contributed by atoms with van der Waals surface area (Å²) in [5, 5.41) is 0. The zero-order valence-corrected chi connectivity index (χ0v) is 13.4. The molecule has 0 bridgehead atoms. The zero-order valence-electron chi connectivity index (χ0n) is 11.8. The van der Waals surface area contributed by atoms with Crippen molar-refractivity contribution >= 4 is 27.6 Å². The summed E-state index contributed by atoms with van der Waals surface area (Å²) in [6, 6.07) is 7.33. The molecule has 1 aliphatic heterocycles. The van der Waals surface area contributed by atoms with Gasteiger partial charge < -0.3 is 4.90 Å². The number of carbonyl (C=O) groups excluding carboxylic acids is 2. The molecule has 0 spiro atoms. The topological polar surface area (TPSA) is 37.4 Å². The second-order valence-electron chi connectivity index (χ2n) is 5.35. The van der Waals surface area contributed by atoms with Crippen LogP contribution in [-0.2, 0) is 4.79 Å². The highest BCUT2D eigenvalue weighted by Crippen LogP contribution is 2.21. The van der Waals surface area contributed by atoms with Crippen LogP contribution in [0.15, 0.2) is 28.7 Å². The summed E-state index contributed by atoms with van der Waals surface area (Å²) in [4.78, 5) is 26.1.